The van der Waals surface area contributed by atoms with Gasteiger partial charge in [-0.25, -0.2) is 8.78 Å². The fourth-order valence-corrected chi connectivity index (χ4v) is 1.49. The van der Waals surface area contributed by atoms with Crippen molar-refractivity contribution in [1.29, 1.82) is 0 Å². The molecular weight excluding hydrogens is 242 g/mol. The van der Waals surface area contributed by atoms with E-state index in [1.54, 1.807) is 0 Å². The maximum absolute atomic E-state index is 12.5. The number of nitrogen functional groups attached to an aromatic ring is 1. The van der Waals surface area contributed by atoms with E-state index in [1.807, 2.05) is 0 Å². The van der Waals surface area contributed by atoms with Crippen molar-refractivity contribution in [1.82, 2.24) is 4.98 Å². The van der Waals surface area contributed by atoms with Crippen LogP contribution in [0.25, 0.3) is 0 Å². The smallest absolute Gasteiger partial charge is 0.307 e. The van der Waals surface area contributed by atoms with E-state index >= 15 is 0 Å². The van der Waals surface area contributed by atoms with Crippen LogP contribution in [0.3, 0.4) is 0 Å². The van der Waals surface area contributed by atoms with Gasteiger partial charge < -0.3 is 10.8 Å². The van der Waals surface area contributed by atoms with Gasteiger partial charge in [-0.1, -0.05) is 0 Å². The molecule has 0 atom stereocenters. The van der Waals surface area contributed by atoms with Gasteiger partial charge in [0.15, 0.2) is 0 Å². The number of carboxylic acids is 1. The summed E-state index contributed by atoms with van der Waals surface area (Å²) < 4.78 is 25.0. The van der Waals surface area contributed by atoms with Crippen LogP contribution >= 0.6 is 11.6 Å². The van der Waals surface area contributed by atoms with Crippen molar-refractivity contribution in [2.45, 2.75) is 18.7 Å². The van der Waals surface area contributed by atoms with Gasteiger partial charge in [0.2, 0.25) is 0 Å². The zero-order valence-corrected chi connectivity index (χ0v) is 8.84. The third-order valence-corrected chi connectivity index (χ3v) is 2.29. The standard InChI is InChI=1S/C9H9ClF2N2O2/c10-2-6-4(1-7(15)16)8(13)5(3-14-6)9(11)12/h3,9H,1-2H2,(H2,13,14)(H,15,16). The lowest BCUT2D eigenvalue weighted by atomic mass is 10.1. The van der Waals surface area contributed by atoms with Crippen molar-refractivity contribution >= 4 is 23.3 Å². The highest BCUT2D eigenvalue weighted by molar-refractivity contribution is 6.17. The van der Waals surface area contributed by atoms with Crippen LogP contribution in [0.15, 0.2) is 6.20 Å². The number of halogens is 3. The molecule has 16 heavy (non-hydrogen) atoms. The van der Waals surface area contributed by atoms with Crippen LogP contribution in [0.1, 0.15) is 23.2 Å². The van der Waals surface area contributed by atoms with Crippen LogP contribution < -0.4 is 5.73 Å². The summed E-state index contributed by atoms with van der Waals surface area (Å²) in [4.78, 5) is 14.2. The van der Waals surface area contributed by atoms with E-state index < -0.39 is 24.4 Å². The minimum atomic E-state index is -2.79. The zero-order chi connectivity index (χ0) is 12.3. The van der Waals surface area contributed by atoms with Crippen LogP contribution in [-0.4, -0.2) is 16.1 Å². The Morgan fingerprint density at radius 2 is 2.25 bits per heavy atom. The maximum atomic E-state index is 12.5. The average Bonchev–Trinajstić information content (AvgIpc) is 2.19. The molecule has 0 saturated heterocycles. The number of pyridine rings is 1. The SMILES string of the molecule is Nc1c(C(F)F)cnc(CCl)c1CC(=O)O. The number of hydrogen-bond acceptors (Lipinski definition) is 3. The second-order valence-corrected chi connectivity index (χ2v) is 3.32. The van der Waals surface area contributed by atoms with Gasteiger partial charge in [0.1, 0.15) is 0 Å². The third kappa shape index (κ3) is 2.57. The minimum absolute atomic E-state index is 0.0558. The molecule has 1 rings (SSSR count). The first-order valence-electron chi connectivity index (χ1n) is 4.29. The number of aromatic nitrogens is 1. The fourth-order valence-electron chi connectivity index (χ4n) is 1.26. The summed E-state index contributed by atoms with van der Waals surface area (Å²) in [6.07, 6.45) is -2.34. The van der Waals surface area contributed by atoms with Crippen molar-refractivity contribution in [2.24, 2.45) is 0 Å². The Morgan fingerprint density at radius 3 is 2.69 bits per heavy atom. The summed E-state index contributed by atoms with van der Waals surface area (Å²) in [5.74, 6) is -1.25. The molecule has 7 heteroatoms. The largest absolute Gasteiger partial charge is 0.481 e. The van der Waals surface area contributed by atoms with E-state index in [1.165, 1.54) is 0 Å². The second kappa shape index (κ2) is 5.07. The molecule has 4 nitrogen and oxygen atoms in total. The molecule has 0 amide bonds. The highest BCUT2D eigenvalue weighted by Gasteiger charge is 2.19. The monoisotopic (exact) mass is 250 g/mol. The molecule has 0 saturated carbocycles. The van der Waals surface area contributed by atoms with Gasteiger partial charge in [-0.3, -0.25) is 9.78 Å². The molecule has 3 N–H and O–H groups in total. The molecule has 0 bridgehead atoms. The minimum Gasteiger partial charge on any atom is -0.481 e. The van der Waals surface area contributed by atoms with Gasteiger partial charge in [0.05, 0.1) is 23.6 Å². The van der Waals surface area contributed by atoms with E-state index in [4.69, 9.17) is 22.4 Å². The Balaban J connectivity index is 3.28. The number of anilines is 1. The summed E-state index contributed by atoms with van der Waals surface area (Å²) >= 11 is 5.52. The molecule has 0 aliphatic heterocycles. The fraction of sp³-hybridized carbons (Fsp3) is 0.333. The molecule has 1 aromatic rings. The topological polar surface area (TPSA) is 76.2 Å². The van der Waals surface area contributed by atoms with E-state index in [2.05, 4.69) is 4.98 Å². The molecule has 0 radical (unpaired) electrons. The van der Waals surface area contributed by atoms with Gasteiger partial charge in [0.25, 0.3) is 6.43 Å². The van der Waals surface area contributed by atoms with E-state index in [-0.39, 0.29) is 22.8 Å². The van der Waals surface area contributed by atoms with Crippen LogP contribution in [0.5, 0.6) is 0 Å². The van der Waals surface area contributed by atoms with Gasteiger partial charge in [-0.2, -0.15) is 0 Å². The van der Waals surface area contributed by atoms with Gasteiger partial charge >= 0.3 is 5.97 Å². The molecule has 88 valence electrons. The molecule has 1 heterocycles. The Kier molecular flexibility index (Phi) is 4.00. The first-order chi connectivity index (χ1) is 7.47. The van der Waals surface area contributed by atoms with Crippen molar-refractivity contribution in [3.8, 4) is 0 Å². The van der Waals surface area contributed by atoms with Crippen LogP contribution in [0.4, 0.5) is 14.5 Å². The third-order valence-electron chi connectivity index (χ3n) is 2.03. The maximum Gasteiger partial charge on any atom is 0.307 e. The lowest BCUT2D eigenvalue weighted by Gasteiger charge is -2.11. The zero-order valence-electron chi connectivity index (χ0n) is 8.08. The Morgan fingerprint density at radius 1 is 1.62 bits per heavy atom. The van der Waals surface area contributed by atoms with Crippen LogP contribution in [0.2, 0.25) is 0 Å². The van der Waals surface area contributed by atoms with Crippen LogP contribution in [0, 0.1) is 0 Å². The summed E-state index contributed by atoms with van der Waals surface area (Å²) in [5, 5.41) is 8.63. The number of carbonyl (C=O) groups is 1. The highest BCUT2D eigenvalue weighted by Crippen LogP contribution is 2.29. The van der Waals surface area contributed by atoms with Crippen molar-refractivity contribution in [3.05, 3.63) is 23.0 Å². The summed E-state index contributed by atoms with van der Waals surface area (Å²) in [7, 11) is 0. The van der Waals surface area contributed by atoms with E-state index in [0.29, 0.717) is 0 Å². The number of aliphatic carboxylic acids is 1. The van der Waals surface area contributed by atoms with Crippen LogP contribution in [-0.2, 0) is 17.1 Å². The van der Waals surface area contributed by atoms with Crippen molar-refractivity contribution in [3.63, 3.8) is 0 Å². The number of rotatable bonds is 4. The number of hydrogen-bond donors (Lipinski definition) is 2. The molecule has 0 aromatic carbocycles. The Labute approximate surface area is 95.0 Å². The highest BCUT2D eigenvalue weighted by atomic mass is 35.5. The quantitative estimate of drug-likeness (QED) is 0.801. The van der Waals surface area contributed by atoms with E-state index in [0.717, 1.165) is 6.20 Å². The van der Waals surface area contributed by atoms with Crippen molar-refractivity contribution < 1.29 is 18.7 Å². The lowest BCUT2D eigenvalue weighted by molar-refractivity contribution is -0.136. The first kappa shape index (κ1) is 12.6. The Bertz CT molecular complexity index is 413. The van der Waals surface area contributed by atoms with E-state index in [9.17, 15) is 13.6 Å². The molecule has 0 aliphatic carbocycles. The lowest BCUT2D eigenvalue weighted by Crippen LogP contribution is -2.10. The normalized spacial score (nSPS) is 10.8. The molecular formula is C9H9ClF2N2O2. The second-order valence-electron chi connectivity index (χ2n) is 3.06. The molecule has 0 spiro atoms. The number of carboxylic acid groups (broad SMARTS) is 1. The number of nitrogens with two attached hydrogens (primary N) is 1. The van der Waals surface area contributed by atoms with Gasteiger partial charge in [0, 0.05) is 17.4 Å². The van der Waals surface area contributed by atoms with Gasteiger partial charge in [-0.15, -0.1) is 11.6 Å². The average molecular weight is 251 g/mol. The number of alkyl halides is 3. The molecule has 0 unspecified atom stereocenters. The summed E-state index contributed by atoms with van der Waals surface area (Å²) in [5.41, 5.74) is 5.02. The first-order valence-corrected chi connectivity index (χ1v) is 4.82. The van der Waals surface area contributed by atoms with Gasteiger partial charge in [-0.05, 0) is 0 Å². The predicted octanol–water partition coefficient (Wildman–Crippen LogP) is 1.97. The molecule has 0 aliphatic rings. The Hall–Kier alpha value is -1.43. The molecule has 1 aromatic heterocycles. The molecule has 0 fully saturated rings. The van der Waals surface area contributed by atoms with Crippen molar-refractivity contribution in [2.75, 3.05) is 5.73 Å². The predicted molar refractivity (Wildman–Crippen MR) is 54.5 cm³/mol. The summed E-state index contributed by atoms with van der Waals surface area (Å²) in [6, 6.07) is 0. The number of nitrogens with zero attached hydrogens (tertiary/aromatic N) is 1. The summed E-state index contributed by atoms with van der Waals surface area (Å²) in [6.45, 7) is 0.